The second-order valence-corrected chi connectivity index (χ2v) is 7.71. The molecule has 3 aliphatic rings. The molecule has 1 aromatic heterocycles. The van der Waals surface area contributed by atoms with Gasteiger partial charge in [-0.1, -0.05) is 0 Å². The first-order valence-corrected chi connectivity index (χ1v) is 9.17. The van der Waals surface area contributed by atoms with Crippen molar-refractivity contribution >= 4 is 5.91 Å². The number of fused-ring (bicyclic) bond motifs is 1. The van der Waals surface area contributed by atoms with E-state index in [0.29, 0.717) is 11.6 Å². The summed E-state index contributed by atoms with van der Waals surface area (Å²) in [7, 11) is 0. The predicted molar refractivity (Wildman–Crippen MR) is 88.8 cm³/mol. The van der Waals surface area contributed by atoms with Gasteiger partial charge in [-0.05, 0) is 46.0 Å². The van der Waals surface area contributed by atoms with Crippen LogP contribution >= 0.6 is 0 Å². The molecule has 0 unspecified atom stereocenters. The molecule has 132 valence electrons. The van der Waals surface area contributed by atoms with Crippen molar-refractivity contribution in [2.24, 2.45) is 5.92 Å². The van der Waals surface area contributed by atoms with Gasteiger partial charge in [0.15, 0.2) is 5.69 Å². The quantitative estimate of drug-likeness (QED) is 0.917. The van der Waals surface area contributed by atoms with Crippen LogP contribution in [0.25, 0.3) is 0 Å². The van der Waals surface area contributed by atoms with Crippen LogP contribution in [-0.4, -0.2) is 50.5 Å². The molecule has 2 fully saturated rings. The van der Waals surface area contributed by atoms with Gasteiger partial charge in [0.05, 0.1) is 17.9 Å². The summed E-state index contributed by atoms with van der Waals surface area (Å²) in [5.74, 6) is 0.429. The zero-order valence-electron chi connectivity index (χ0n) is 14.8. The number of aliphatic hydroxyl groups is 1. The minimum Gasteiger partial charge on any atom is -0.396 e. The van der Waals surface area contributed by atoms with E-state index in [9.17, 15) is 9.90 Å². The number of nitrogens with zero attached hydrogens (tertiary/aromatic N) is 3. The van der Waals surface area contributed by atoms with Crippen LogP contribution in [0.4, 0.5) is 0 Å². The third-order valence-electron chi connectivity index (χ3n) is 6.12. The molecule has 24 heavy (non-hydrogen) atoms. The Morgan fingerprint density at radius 2 is 2.17 bits per heavy atom. The minimum atomic E-state index is -0.0226. The summed E-state index contributed by atoms with van der Waals surface area (Å²) in [4.78, 5) is 15.2. The maximum Gasteiger partial charge on any atom is 0.275 e. The van der Waals surface area contributed by atoms with E-state index >= 15 is 0 Å². The van der Waals surface area contributed by atoms with Crippen molar-refractivity contribution in [1.29, 1.82) is 0 Å². The maximum atomic E-state index is 13.2. The zero-order valence-corrected chi connectivity index (χ0v) is 14.8. The van der Waals surface area contributed by atoms with E-state index in [1.807, 2.05) is 16.5 Å². The maximum absolute atomic E-state index is 13.2. The average molecular weight is 333 g/mol. The van der Waals surface area contributed by atoms with Crippen molar-refractivity contribution < 1.29 is 14.6 Å². The van der Waals surface area contributed by atoms with Crippen molar-refractivity contribution in [3.05, 3.63) is 17.0 Å². The van der Waals surface area contributed by atoms with Crippen LogP contribution in [0.3, 0.4) is 0 Å². The monoisotopic (exact) mass is 333 g/mol. The normalized spacial score (nSPS) is 34.7. The van der Waals surface area contributed by atoms with Crippen LogP contribution < -0.4 is 0 Å². The molecule has 1 amide bonds. The first kappa shape index (κ1) is 16.1. The molecule has 1 aliphatic carbocycles. The SMILES string of the molecule is CCn1nc(C(=O)N2CCC23CC(CO)C3)c2c1[C@H](C)O[C@H](C)C2. The van der Waals surface area contributed by atoms with E-state index in [4.69, 9.17) is 4.74 Å². The number of aliphatic hydroxyl groups excluding tert-OH is 1. The molecule has 3 heterocycles. The lowest BCUT2D eigenvalue weighted by molar-refractivity contribution is -0.0908. The molecular weight excluding hydrogens is 306 g/mol. The van der Waals surface area contributed by atoms with Gasteiger partial charge >= 0.3 is 0 Å². The van der Waals surface area contributed by atoms with E-state index in [-0.39, 0.29) is 30.3 Å². The lowest BCUT2D eigenvalue weighted by Crippen LogP contribution is -2.68. The lowest BCUT2D eigenvalue weighted by atomic mass is 9.61. The molecule has 6 heteroatoms. The van der Waals surface area contributed by atoms with Gasteiger partial charge in [0.25, 0.3) is 5.91 Å². The van der Waals surface area contributed by atoms with Crippen LogP contribution in [0, 0.1) is 5.92 Å². The first-order valence-electron chi connectivity index (χ1n) is 9.17. The van der Waals surface area contributed by atoms with Crippen molar-refractivity contribution in [3.8, 4) is 0 Å². The summed E-state index contributed by atoms with van der Waals surface area (Å²) in [5.41, 5.74) is 2.76. The van der Waals surface area contributed by atoms with Gasteiger partial charge < -0.3 is 14.7 Å². The Morgan fingerprint density at radius 1 is 1.42 bits per heavy atom. The Balaban J connectivity index is 1.64. The molecule has 1 saturated heterocycles. The van der Waals surface area contributed by atoms with E-state index in [2.05, 4.69) is 18.9 Å². The Labute approximate surface area is 142 Å². The van der Waals surface area contributed by atoms with E-state index in [1.165, 1.54) is 0 Å². The van der Waals surface area contributed by atoms with Gasteiger partial charge in [0.1, 0.15) is 0 Å². The highest BCUT2D eigenvalue weighted by molar-refractivity contribution is 5.95. The predicted octanol–water partition coefficient (Wildman–Crippen LogP) is 1.91. The fourth-order valence-corrected chi connectivity index (χ4v) is 4.88. The third-order valence-corrected chi connectivity index (χ3v) is 6.12. The fourth-order valence-electron chi connectivity index (χ4n) is 4.88. The van der Waals surface area contributed by atoms with Crippen molar-refractivity contribution in [2.45, 2.75) is 70.7 Å². The molecule has 6 nitrogen and oxygen atoms in total. The number of hydrogen-bond acceptors (Lipinski definition) is 4. The third kappa shape index (κ3) is 2.15. The number of aryl methyl sites for hydroxylation is 1. The molecule has 0 bridgehead atoms. The lowest BCUT2D eigenvalue weighted by Gasteiger charge is -2.61. The number of hydrogen-bond donors (Lipinski definition) is 1. The van der Waals surface area contributed by atoms with E-state index < -0.39 is 0 Å². The minimum absolute atomic E-state index is 0.00421. The fraction of sp³-hybridized carbons (Fsp3) is 0.778. The van der Waals surface area contributed by atoms with Crippen LogP contribution in [0.5, 0.6) is 0 Å². The molecule has 2 aliphatic heterocycles. The Morgan fingerprint density at radius 3 is 2.75 bits per heavy atom. The molecule has 4 rings (SSSR count). The second kappa shape index (κ2) is 5.56. The van der Waals surface area contributed by atoms with Gasteiger partial charge in [-0.25, -0.2) is 0 Å². The Hall–Kier alpha value is -1.40. The van der Waals surface area contributed by atoms with Crippen LogP contribution in [0.1, 0.15) is 67.9 Å². The number of amides is 1. The number of carbonyl (C=O) groups is 1. The summed E-state index contributed by atoms with van der Waals surface area (Å²) in [6.45, 7) is 7.94. The summed E-state index contributed by atoms with van der Waals surface area (Å²) >= 11 is 0. The summed E-state index contributed by atoms with van der Waals surface area (Å²) in [6.07, 6.45) is 3.76. The van der Waals surface area contributed by atoms with Gasteiger partial charge in [-0.3, -0.25) is 9.48 Å². The molecule has 0 radical (unpaired) electrons. The molecule has 1 aromatic rings. The molecule has 0 aromatic carbocycles. The van der Waals surface area contributed by atoms with Crippen molar-refractivity contribution in [2.75, 3.05) is 13.2 Å². The van der Waals surface area contributed by atoms with Crippen LogP contribution in [0.15, 0.2) is 0 Å². The summed E-state index contributed by atoms with van der Waals surface area (Å²) < 4.78 is 7.87. The van der Waals surface area contributed by atoms with Crippen molar-refractivity contribution in [1.82, 2.24) is 14.7 Å². The number of rotatable bonds is 3. The Kier molecular flexibility index (Phi) is 3.73. The topological polar surface area (TPSA) is 67.6 Å². The van der Waals surface area contributed by atoms with Gasteiger partial charge in [0.2, 0.25) is 0 Å². The molecule has 1 N–H and O–H groups in total. The second-order valence-electron chi connectivity index (χ2n) is 7.71. The molecular formula is C18H27N3O3. The Bertz CT molecular complexity index is 663. The largest absolute Gasteiger partial charge is 0.396 e. The van der Waals surface area contributed by atoms with E-state index in [0.717, 1.165) is 50.0 Å². The number of ether oxygens (including phenoxy) is 1. The van der Waals surface area contributed by atoms with Crippen LogP contribution in [0.2, 0.25) is 0 Å². The molecule has 1 saturated carbocycles. The van der Waals surface area contributed by atoms with Crippen molar-refractivity contribution in [3.63, 3.8) is 0 Å². The first-order chi connectivity index (χ1) is 11.5. The zero-order chi connectivity index (χ0) is 17.1. The van der Waals surface area contributed by atoms with Gasteiger partial charge in [0, 0.05) is 37.2 Å². The number of carbonyl (C=O) groups excluding carboxylic acids is 1. The van der Waals surface area contributed by atoms with E-state index in [1.54, 1.807) is 0 Å². The summed E-state index contributed by atoms with van der Waals surface area (Å²) in [5, 5.41) is 14.0. The van der Waals surface area contributed by atoms with Crippen LogP contribution in [-0.2, 0) is 17.7 Å². The standard InChI is InChI=1S/C18H27N3O3/c1-4-21-16-12(3)24-11(2)7-14(16)15(19-21)17(23)20-6-5-18(20)8-13(9-18)10-22/h11-13,22H,4-10H2,1-3H3/t11-,12+,13?,18?/m1/s1. The smallest absolute Gasteiger partial charge is 0.275 e. The van der Waals surface area contributed by atoms with Gasteiger partial charge in [-0.15, -0.1) is 0 Å². The highest BCUT2D eigenvalue weighted by Crippen LogP contribution is 2.51. The molecule has 2 atom stereocenters. The highest BCUT2D eigenvalue weighted by Gasteiger charge is 2.56. The molecule has 1 spiro atoms. The number of aromatic nitrogens is 2. The highest BCUT2D eigenvalue weighted by atomic mass is 16.5. The summed E-state index contributed by atoms with van der Waals surface area (Å²) in [6, 6.07) is 0. The van der Waals surface area contributed by atoms with Gasteiger partial charge in [-0.2, -0.15) is 5.10 Å². The number of likely N-dealkylation sites (tertiary alicyclic amines) is 1. The average Bonchev–Trinajstić information content (AvgIpc) is 2.84.